The quantitative estimate of drug-likeness (QED) is 0.551. The van der Waals surface area contributed by atoms with E-state index in [4.69, 9.17) is 23.2 Å². The lowest BCUT2D eigenvalue weighted by Crippen LogP contribution is -2.18. The minimum Gasteiger partial charge on any atom is -0.272 e. The van der Waals surface area contributed by atoms with Crippen molar-refractivity contribution in [2.45, 2.75) is 0 Å². The van der Waals surface area contributed by atoms with Gasteiger partial charge in [-0.05, 0) is 36.4 Å². The van der Waals surface area contributed by atoms with Gasteiger partial charge in [0, 0.05) is 16.8 Å². The number of benzene rings is 1. The average molecular weight is 360 g/mol. The molecule has 8 heteroatoms. The summed E-state index contributed by atoms with van der Waals surface area (Å²) in [7, 11) is 0. The Morgan fingerprint density at radius 2 is 2.08 bits per heavy atom. The molecule has 120 valence electrons. The third-order valence-corrected chi connectivity index (χ3v) is 3.63. The number of aromatic amines is 1. The highest BCUT2D eigenvalue weighted by Crippen LogP contribution is 2.29. The standard InChI is InChI=1S/C16H11Cl2N5O/c17-10-4-5-12(13(18)7-10)14-8-15(22-21-14)16(24)23-20-9-11-3-1-2-6-19-11/h1-9H,(H,21,22)(H,23,24). The SMILES string of the molecule is O=C(NN=Cc1ccccn1)c1cc(-c2ccc(Cl)cc2Cl)n[nH]1. The first-order chi connectivity index (χ1) is 11.6. The van der Waals surface area contributed by atoms with Crippen LogP contribution in [0.3, 0.4) is 0 Å². The van der Waals surface area contributed by atoms with E-state index in [0.29, 0.717) is 27.0 Å². The Bertz CT molecular complexity index is 892. The fourth-order valence-electron chi connectivity index (χ4n) is 1.94. The molecule has 0 saturated carbocycles. The van der Waals surface area contributed by atoms with Crippen molar-refractivity contribution in [1.29, 1.82) is 0 Å². The van der Waals surface area contributed by atoms with Gasteiger partial charge in [-0.25, -0.2) is 5.43 Å². The van der Waals surface area contributed by atoms with Crippen LogP contribution in [0, 0.1) is 0 Å². The minimum atomic E-state index is -0.425. The maximum absolute atomic E-state index is 12.0. The van der Waals surface area contributed by atoms with Crippen LogP contribution in [-0.4, -0.2) is 27.3 Å². The number of hydrogen-bond acceptors (Lipinski definition) is 4. The van der Waals surface area contributed by atoms with E-state index in [1.807, 2.05) is 6.07 Å². The van der Waals surface area contributed by atoms with Gasteiger partial charge in [-0.3, -0.25) is 14.9 Å². The lowest BCUT2D eigenvalue weighted by molar-refractivity contribution is 0.0950. The Hall–Kier alpha value is -2.70. The summed E-state index contributed by atoms with van der Waals surface area (Å²) in [6.45, 7) is 0. The number of nitrogens with zero attached hydrogens (tertiary/aromatic N) is 3. The summed E-state index contributed by atoms with van der Waals surface area (Å²) < 4.78 is 0. The summed E-state index contributed by atoms with van der Waals surface area (Å²) >= 11 is 12.0. The summed E-state index contributed by atoms with van der Waals surface area (Å²) in [5.41, 5.74) is 4.51. The number of rotatable bonds is 4. The molecule has 0 saturated heterocycles. The highest BCUT2D eigenvalue weighted by molar-refractivity contribution is 6.36. The van der Waals surface area contributed by atoms with Crippen LogP contribution in [0.4, 0.5) is 0 Å². The number of nitrogens with one attached hydrogen (secondary N) is 2. The van der Waals surface area contributed by atoms with E-state index in [1.54, 1.807) is 42.6 Å². The molecule has 0 aliphatic rings. The predicted molar refractivity (Wildman–Crippen MR) is 93.3 cm³/mol. The van der Waals surface area contributed by atoms with Crippen LogP contribution in [0.2, 0.25) is 10.0 Å². The van der Waals surface area contributed by atoms with Crippen molar-refractivity contribution in [2.75, 3.05) is 0 Å². The van der Waals surface area contributed by atoms with Crippen molar-refractivity contribution in [3.8, 4) is 11.3 Å². The number of aromatic nitrogens is 3. The second-order valence-corrected chi connectivity index (χ2v) is 5.59. The van der Waals surface area contributed by atoms with Gasteiger partial charge < -0.3 is 0 Å². The van der Waals surface area contributed by atoms with Crippen LogP contribution in [0.5, 0.6) is 0 Å². The number of carbonyl (C=O) groups is 1. The lowest BCUT2D eigenvalue weighted by Gasteiger charge is -2.00. The molecule has 0 aliphatic carbocycles. The summed E-state index contributed by atoms with van der Waals surface area (Å²) in [5, 5.41) is 11.6. The van der Waals surface area contributed by atoms with Gasteiger partial charge >= 0.3 is 0 Å². The normalized spacial score (nSPS) is 10.9. The minimum absolute atomic E-state index is 0.259. The van der Waals surface area contributed by atoms with Crippen molar-refractivity contribution in [1.82, 2.24) is 20.6 Å². The van der Waals surface area contributed by atoms with E-state index < -0.39 is 5.91 Å². The van der Waals surface area contributed by atoms with E-state index in [0.717, 1.165) is 0 Å². The second kappa shape index (κ2) is 7.25. The number of hydrogen-bond donors (Lipinski definition) is 2. The lowest BCUT2D eigenvalue weighted by atomic mass is 10.1. The molecule has 3 aromatic rings. The highest BCUT2D eigenvalue weighted by Gasteiger charge is 2.12. The van der Waals surface area contributed by atoms with Crippen LogP contribution < -0.4 is 5.43 Å². The molecular weight excluding hydrogens is 349 g/mol. The van der Waals surface area contributed by atoms with Gasteiger partial charge in [0.2, 0.25) is 0 Å². The Morgan fingerprint density at radius 3 is 2.83 bits per heavy atom. The molecule has 3 rings (SSSR count). The first-order valence-corrected chi connectivity index (χ1v) is 7.64. The molecule has 0 unspecified atom stereocenters. The monoisotopic (exact) mass is 359 g/mol. The van der Waals surface area contributed by atoms with Gasteiger partial charge in [0.25, 0.3) is 5.91 Å². The van der Waals surface area contributed by atoms with Gasteiger partial charge in [-0.2, -0.15) is 10.2 Å². The molecule has 1 aromatic carbocycles. The topological polar surface area (TPSA) is 83.0 Å². The van der Waals surface area contributed by atoms with Crippen molar-refractivity contribution >= 4 is 35.3 Å². The van der Waals surface area contributed by atoms with E-state index in [9.17, 15) is 4.79 Å². The second-order valence-electron chi connectivity index (χ2n) is 4.74. The number of H-pyrrole nitrogens is 1. The van der Waals surface area contributed by atoms with Crippen molar-refractivity contribution < 1.29 is 4.79 Å². The van der Waals surface area contributed by atoms with E-state index >= 15 is 0 Å². The number of halogens is 2. The predicted octanol–water partition coefficient (Wildman–Crippen LogP) is 3.54. The largest absolute Gasteiger partial charge is 0.289 e. The molecule has 0 aliphatic heterocycles. The maximum atomic E-state index is 12.0. The number of carbonyl (C=O) groups excluding carboxylic acids is 1. The number of pyridine rings is 1. The zero-order chi connectivity index (χ0) is 16.9. The average Bonchev–Trinajstić information content (AvgIpc) is 3.05. The van der Waals surface area contributed by atoms with Gasteiger partial charge in [-0.1, -0.05) is 29.3 Å². The maximum Gasteiger partial charge on any atom is 0.289 e. The highest BCUT2D eigenvalue weighted by atomic mass is 35.5. The fourth-order valence-corrected chi connectivity index (χ4v) is 2.45. The molecule has 2 N–H and O–H groups in total. The third kappa shape index (κ3) is 3.79. The molecule has 0 atom stereocenters. The van der Waals surface area contributed by atoms with E-state index in [1.165, 1.54) is 6.21 Å². The molecule has 0 spiro atoms. The Morgan fingerprint density at radius 1 is 1.21 bits per heavy atom. The number of hydrazone groups is 1. The zero-order valence-corrected chi connectivity index (χ0v) is 13.7. The summed E-state index contributed by atoms with van der Waals surface area (Å²) in [6, 6.07) is 12.0. The summed E-state index contributed by atoms with van der Waals surface area (Å²) in [6.07, 6.45) is 3.09. The molecule has 0 fully saturated rings. The fraction of sp³-hybridized carbons (Fsp3) is 0. The molecule has 6 nitrogen and oxygen atoms in total. The van der Waals surface area contributed by atoms with Crippen LogP contribution in [0.15, 0.2) is 53.8 Å². The van der Waals surface area contributed by atoms with E-state index in [-0.39, 0.29) is 5.69 Å². The first kappa shape index (κ1) is 16.2. The Balaban J connectivity index is 1.71. The molecule has 2 heterocycles. The van der Waals surface area contributed by atoms with Crippen LogP contribution in [0.25, 0.3) is 11.3 Å². The van der Waals surface area contributed by atoms with Gasteiger partial charge in [0.15, 0.2) is 0 Å². The summed E-state index contributed by atoms with van der Waals surface area (Å²) in [5.74, 6) is -0.425. The Labute approximate surface area is 147 Å². The molecule has 24 heavy (non-hydrogen) atoms. The van der Waals surface area contributed by atoms with Gasteiger partial charge in [-0.15, -0.1) is 0 Å². The first-order valence-electron chi connectivity index (χ1n) is 6.89. The smallest absolute Gasteiger partial charge is 0.272 e. The number of amides is 1. The van der Waals surface area contributed by atoms with Crippen LogP contribution in [0.1, 0.15) is 16.2 Å². The van der Waals surface area contributed by atoms with E-state index in [2.05, 4.69) is 25.7 Å². The van der Waals surface area contributed by atoms with Crippen LogP contribution in [-0.2, 0) is 0 Å². The van der Waals surface area contributed by atoms with Crippen LogP contribution >= 0.6 is 23.2 Å². The molecular formula is C16H11Cl2N5O. The zero-order valence-electron chi connectivity index (χ0n) is 12.2. The third-order valence-electron chi connectivity index (χ3n) is 3.08. The molecule has 1 amide bonds. The van der Waals surface area contributed by atoms with Gasteiger partial charge in [0.05, 0.1) is 22.6 Å². The Kier molecular flexibility index (Phi) is 4.88. The van der Waals surface area contributed by atoms with Crippen molar-refractivity contribution in [3.05, 3.63) is 70.1 Å². The molecule has 0 radical (unpaired) electrons. The van der Waals surface area contributed by atoms with Crippen molar-refractivity contribution in [3.63, 3.8) is 0 Å². The van der Waals surface area contributed by atoms with Gasteiger partial charge in [0.1, 0.15) is 5.69 Å². The molecule has 2 aromatic heterocycles. The summed E-state index contributed by atoms with van der Waals surface area (Å²) in [4.78, 5) is 16.1. The molecule has 0 bridgehead atoms. The van der Waals surface area contributed by atoms with Crippen molar-refractivity contribution in [2.24, 2.45) is 5.10 Å².